The van der Waals surface area contributed by atoms with E-state index in [0.29, 0.717) is 0 Å². The SMILES string of the molecule is [CH2]CCc1cccc(C2CCCCC2)c1. The van der Waals surface area contributed by atoms with Gasteiger partial charge in [-0.05, 0) is 42.7 Å². The van der Waals surface area contributed by atoms with Crippen molar-refractivity contribution in [2.45, 2.75) is 50.9 Å². The predicted octanol–water partition coefficient (Wildman–Crippen LogP) is 4.50. The first-order valence-corrected chi connectivity index (χ1v) is 6.28. The second-order valence-electron chi connectivity index (χ2n) is 4.68. The molecule has 0 unspecified atom stereocenters. The molecule has 1 aliphatic rings. The first-order chi connectivity index (χ1) is 7.40. The van der Waals surface area contributed by atoms with Gasteiger partial charge in [-0.3, -0.25) is 0 Å². The summed E-state index contributed by atoms with van der Waals surface area (Å²) in [6.07, 6.45) is 9.21. The molecule has 1 aromatic rings. The van der Waals surface area contributed by atoms with Crippen LogP contribution in [0.4, 0.5) is 0 Å². The second-order valence-corrected chi connectivity index (χ2v) is 4.68. The highest BCUT2D eigenvalue weighted by molar-refractivity contribution is 5.26. The number of hydrogen-bond acceptors (Lipinski definition) is 0. The normalized spacial score (nSPS) is 17.9. The Bertz CT molecular complexity index is 295. The van der Waals surface area contributed by atoms with E-state index in [2.05, 4.69) is 31.2 Å². The summed E-state index contributed by atoms with van der Waals surface area (Å²) in [5.41, 5.74) is 3.04. The average molecular weight is 201 g/mol. The monoisotopic (exact) mass is 201 g/mol. The van der Waals surface area contributed by atoms with Crippen molar-refractivity contribution in [1.82, 2.24) is 0 Å². The van der Waals surface area contributed by atoms with Crippen molar-refractivity contribution in [2.75, 3.05) is 0 Å². The molecule has 1 saturated carbocycles. The minimum absolute atomic E-state index is 0.837. The highest BCUT2D eigenvalue weighted by Gasteiger charge is 2.15. The lowest BCUT2D eigenvalue weighted by Crippen LogP contribution is -2.04. The van der Waals surface area contributed by atoms with E-state index >= 15 is 0 Å². The molecular weight excluding hydrogens is 180 g/mol. The summed E-state index contributed by atoms with van der Waals surface area (Å²) in [5.74, 6) is 0.837. The maximum atomic E-state index is 3.92. The third-order valence-corrected chi connectivity index (χ3v) is 3.49. The molecule has 0 spiro atoms. The summed E-state index contributed by atoms with van der Waals surface area (Å²) in [6.45, 7) is 3.92. The van der Waals surface area contributed by atoms with E-state index in [1.165, 1.54) is 37.7 Å². The minimum atomic E-state index is 0.837. The molecule has 1 aliphatic carbocycles. The van der Waals surface area contributed by atoms with E-state index in [4.69, 9.17) is 0 Å². The quantitative estimate of drug-likeness (QED) is 0.675. The van der Waals surface area contributed by atoms with Gasteiger partial charge in [-0.25, -0.2) is 0 Å². The van der Waals surface area contributed by atoms with Gasteiger partial charge >= 0.3 is 0 Å². The Morgan fingerprint density at radius 3 is 2.67 bits per heavy atom. The Balaban J connectivity index is 2.09. The molecule has 0 atom stereocenters. The van der Waals surface area contributed by atoms with Crippen molar-refractivity contribution in [1.29, 1.82) is 0 Å². The summed E-state index contributed by atoms with van der Waals surface area (Å²) < 4.78 is 0. The number of aryl methyl sites for hydroxylation is 1. The summed E-state index contributed by atoms with van der Waals surface area (Å²) in [5, 5.41) is 0. The van der Waals surface area contributed by atoms with Crippen molar-refractivity contribution >= 4 is 0 Å². The second kappa shape index (κ2) is 5.34. The zero-order valence-electron chi connectivity index (χ0n) is 9.54. The highest BCUT2D eigenvalue weighted by Crippen LogP contribution is 2.32. The first-order valence-electron chi connectivity index (χ1n) is 6.28. The maximum Gasteiger partial charge on any atom is -0.0162 e. The molecule has 1 aromatic carbocycles. The lowest BCUT2D eigenvalue weighted by Gasteiger charge is -2.22. The molecule has 0 N–H and O–H groups in total. The molecule has 0 saturated heterocycles. The van der Waals surface area contributed by atoms with Gasteiger partial charge in [-0.2, -0.15) is 0 Å². The van der Waals surface area contributed by atoms with Crippen molar-refractivity contribution in [3.8, 4) is 0 Å². The van der Waals surface area contributed by atoms with Gasteiger partial charge in [-0.1, -0.05) is 50.5 Å². The van der Waals surface area contributed by atoms with Crippen LogP contribution in [0.2, 0.25) is 0 Å². The van der Waals surface area contributed by atoms with Crippen LogP contribution in [-0.4, -0.2) is 0 Å². The van der Waals surface area contributed by atoms with Crippen LogP contribution < -0.4 is 0 Å². The molecular formula is C15H21. The van der Waals surface area contributed by atoms with E-state index in [0.717, 1.165) is 18.8 Å². The smallest absolute Gasteiger partial charge is 0.0162 e. The predicted molar refractivity (Wildman–Crippen MR) is 65.9 cm³/mol. The zero-order valence-corrected chi connectivity index (χ0v) is 9.54. The minimum Gasteiger partial charge on any atom is -0.0617 e. The third kappa shape index (κ3) is 2.84. The number of hydrogen-bond donors (Lipinski definition) is 0. The van der Waals surface area contributed by atoms with Crippen LogP contribution in [-0.2, 0) is 6.42 Å². The molecule has 0 aromatic heterocycles. The molecule has 0 heteroatoms. The molecule has 15 heavy (non-hydrogen) atoms. The summed E-state index contributed by atoms with van der Waals surface area (Å²) in [7, 11) is 0. The van der Waals surface area contributed by atoms with E-state index < -0.39 is 0 Å². The summed E-state index contributed by atoms with van der Waals surface area (Å²) >= 11 is 0. The topological polar surface area (TPSA) is 0 Å². The van der Waals surface area contributed by atoms with E-state index in [-0.39, 0.29) is 0 Å². The van der Waals surface area contributed by atoms with Crippen LogP contribution in [0.1, 0.15) is 55.6 Å². The van der Waals surface area contributed by atoms with Crippen molar-refractivity contribution < 1.29 is 0 Å². The Hall–Kier alpha value is -0.780. The molecule has 0 nitrogen and oxygen atoms in total. The van der Waals surface area contributed by atoms with Crippen LogP contribution in [0.5, 0.6) is 0 Å². The van der Waals surface area contributed by atoms with E-state index in [1.54, 1.807) is 5.56 Å². The first kappa shape index (κ1) is 10.7. The Morgan fingerprint density at radius 2 is 1.93 bits per heavy atom. The van der Waals surface area contributed by atoms with E-state index in [9.17, 15) is 0 Å². The van der Waals surface area contributed by atoms with Crippen molar-refractivity contribution in [3.05, 3.63) is 42.3 Å². The molecule has 0 aliphatic heterocycles. The van der Waals surface area contributed by atoms with Gasteiger partial charge in [0.2, 0.25) is 0 Å². The van der Waals surface area contributed by atoms with Gasteiger partial charge in [-0.15, -0.1) is 0 Å². The lowest BCUT2D eigenvalue weighted by molar-refractivity contribution is 0.443. The standard InChI is InChI=1S/C15H21/c1-2-7-13-8-6-11-15(12-13)14-9-4-3-5-10-14/h6,8,11-12,14H,1-5,7,9-10H2. The molecule has 0 amide bonds. The Kier molecular flexibility index (Phi) is 3.82. The van der Waals surface area contributed by atoms with Gasteiger partial charge in [0.15, 0.2) is 0 Å². The third-order valence-electron chi connectivity index (χ3n) is 3.49. The van der Waals surface area contributed by atoms with E-state index in [1.807, 2.05) is 0 Å². The van der Waals surface area contributed by atoms with Crippen molar-refractivity contribution in [2.24, 2.45) is 0 Å². The Morgan fingerprint density at radius 1 is 1.13 bits per heavy atom. The van der Waals surface area contributed by atoms with Gasteiger partial charge in [0.05, 0.1) is 0 Å². The fourth-order valence-electron chi connectivity index (χ4n) is 2.64. The van der Waals surface area contributed by atoms with Crippen LogP contribution in [0, 0.1) is 6.92 Å². The highest BCUT2D eigenvalue weighted by atomic mass is 14.2. The molecule has 2 rings (SSSR count). The van der Waals surface area contributed by atoms with Gasteiger partial charge in [0.25, 0.3) is 0 Å². The molecule has 0 bridgehead atoms. The van der Waals surface area contributed by atoms with Gasteiger partial charge in [0.1, 0.15) is 0 Å². The fraction of sp³-hybridized carbons (Fsp3) is 0.533. The number of rotatable bonds is 3. The molecule has 81 valence electrons. The molecule has 0 heterocycles. The maximum absolute atomic E-state index is 3.92. The lowest BCUT2D eigenvalue weighted by atomic mass is 9.83. The molecule has 1 fully saturated rings. The van der Waals surface area contributed by atoms with Crippen LogP contribution in [0.25, 0.3) is 0 Å². The Labute approximate surface area is 93.7 Å². The molecule has 1 radical (unpaired) electrons. The van der Waals surface area contributed by atoms with Crippen LogP contribution in [0.15, 0.2) is 24.3 Å². The fourth-order valence-corrected chi connectivity index (χ4v) is 2.64. The average Bonchev–Trinajstić information content (AvgIpc) is 2.31. The van der Waals surface area contributed by atoms with Crippen LogP contribution >= 0.6 is 0 Å². The summed E-state index contributed by atoms with van der Waals surface area (Å²) in [6, 6.07) is 9.16. The largest absolute Gasteiger partial charge is 0.0617 e. The summed E-state index contributed by atoms with van der Waals surface area (Å²) in [4.78, 5) is 0. The van der Waals surface area contributed by atoms with Crippen molar-refractivity contribution in [3.63, 3.8) is 0 Å². The van der Waals surface area contributed by atoms with Crippen LogP contribution in [0.3, 0.4) is 0 Å². The van der Waals surface area contributed by atoms with Gasteiger partial charge < -0.3 is 0 Å². The number of benzene rings is 1. The van der Waals surface area contributed by atoms with Gasteiger partial charge in [0, 0.05) is 0 Å². The zero-order chi connectivity index (χ0) is 10.5.